The van der Waals surface area contributed by atoms with Crippen LogP contribution in [0.15, 0.2) is 30.3 Å². The zero-order chi connectivity index (χ0) is 19.3. The fraction of sp³-hybridized carbons (Fsp3) is 0.474. The van der Waals surface area contributed by atoms with Gasteiger partial charge in [-0.3, -0.25) is 19.3 Å². The van der Waals surface area contributed by atoms with E-state index < -0.39 is 36.0 Å². The van der Waals surface area contributed by atoms with Crippen molar-refractivity contribution in [1.82, 2.24) is 15.5 Å². The largest absolute Gasteiger partial charge is 0.344 e. The average molecular weight is 359 g/mol. The van der Waals surface area contributed by atoms with Crippen LogP contribution in [0.5, 0.6) is 0 Å². The number of nitrogens with zero attached hydrogens (tertiary/aromatic N) is 1. The number of ketones is 1. The summed E-state index contributed by atoms with van der Waals surface area (Å²) in [6.45, 7) is 4.64. The number of imide groups is 1. The van der Waals surface area contributed by atoms with Crippen LogP contribution in [-0.4, -0.2) is 46.7 Å². The fourth-order valence-corrected chi connectivity index (χ4v) is 3.08. The lowest BCUT2D eigenvalue weighted by Crippen LogP contribution is -2.49. The molecule has 2 rings (SSSR count). The van der Waals surface area contributed by atoms with E-state index in [0.717, 1.165) is 10.5 Å². The Balaban J connectivity index is 2.03. The van der Waals surface area contributed by atoms with E-state index in [1.807, 2.05) is 44.2 Å². The first-order chi connectivity index (χ1) is 12.3. The summed E-state index contributed by atoms with van der Waals surface area (Å²) in [4.78, 5) is 49.8. The first-order valence-corrected chi connectivity index (χ1v) is 8.80. The maximum absolute atomic E-state index is 12.5. The van der Waals surface area contributed by atoms with Crippen molar-refractivity contribution in [2.45, 2.75) is 51.6 Å². The molecule has 1 aliphatic heterocycles. The Morgan fingerprint density at radius 2 is 1.77 bits per heavy atom. The number of carbonyl (C=O) groups excluding carboxylic acids is 4. The van der Waals surface area contributed by atoms with Gasteiger partial charge in [0.05, 0.1) is 6.04 Å². The van der Waals surface area contributed by atoms with Crippen molar-refractivity contribution < 1.29 is 19.2 Å². The lowest BCUT2D eigenvalue weighted by molar-refractivity contribution is -0.135. The molecule has 0 aliphatic carbocycles. The van der Waals surface area contributed by atoms with Crippen molar-refractivity contribution in [2.24, 2.45) is 0 Å². The number of urea groups is 1. The SMILES string of the molecule is CCC1(CC)NC(=O)N(CC(=O)N[C@H](Cc2ccccc2)C(C)=O)C1=O. The number of Topliss-reactive ketones (excluding diaryl/α,β-unsaturated/α-hetero) is 1. The van der Waals surface area contributed by atoms with Crippen LogP contribution in [0.3, 0.4) is 0 Å². The molecule has 1 saturated heterocycles. The van der Waals surface area contributed by atoms with E-state index in [9.17, 15) is 19.2 Å². The molecule has 7 heteroatoms. The summed E-state index contributed by atoms with van der Waals surface area (Å²) >= 11 is 0. The van der Waals surface area contributed by atoms with Crippen molar-refractivity contribution >= 4 is 23.6 Å². The van der Waals surface area contributed by atoms with E-state index in [0.29, 0.717) is 19.3 Å². The second-order valence-corrected chi connectivity index (χ2v) is 6.53. The number of hydrogen-bond acceptors (Lipinski definition) is 4. The molecule has 0 aromatic heterocycles. The van der Waals surface area contributed by atoms with Crippen LogP contribution in [0.25, 0.3) is 0 Å². The molecule has 0 bridgehead atoms. The number of hydrogen-bond donors (Lipinski definition) is 2. The molecule has 26 heavy (non-hydrogen) atoms. The van der Waals surface area contributed by atoms with Crippen LogP contribution in [0, 0.1) is 0 Å². The minimum Gasteiger partial charge on any atom is -0.344 e. The third-order valence-corrected chi connectivity index (χ3v) is 4.86. The van der Waals surface area contributed by atoms with E-state index >= 15 is 0 Å². The molecule has 0 unspecified atom stereocenters. The predicted molar refractivity (Wildman–Crippen MR) is 96.3 cm³/mol. The number of amides is 4. The Kier molecular flexibility index (Phi) is 6.13. The van der Waals surface area contributed by atoms with E-state index in [-0.39, 0.29) is 5.78 Å². The lowest BCUT2D eigenvalue weighted by atomic mass is 9.93. The highest BCUT2D eigenvalue weighted by Gasteiger charge is 2.49. The van der Waals surface area contributed by atoms with Crippen LogP contribution in [-0.2, 0) is 20.8 Å². The predicted octanol–water partition coefficient (Wildman–Crippen LogP) is 1.41. The van der Waals surface area contributed by atoms with E-state index in [1.54, 1.807) is 0 Å². The first kappa shape index (κ1) is 19.6. The van der Waals surface area contributed by atoms with Crippen LogP contribution < -0.4 is 10.6 Å². The van der Waals surface area contributed by atoms with Gasteiger partial charge >= 0.3 is 6.03 Å². The molecule has 140 valence electrons. The lowest BCUT2D eigenvalue weighted by Gasteiger charge is -2.23. The third kappa shape index (κ3) is 4.09. The second kappa shape index (κ2) is 8.12. The van der Waals surface area contributed by atoms with Gasteiger partial charge in [0.15, 0.2) is 5.78 Å². The van der Waals surface area contributed by atoms with Crippen LogP contribution in [0.4, 0.5) is 4.79 Å². The molecule has 1 aromatic rings. The Bertz CT molecular complexity index is 698. The highest BCUT2D eigenvalue weighted by molar-refractivity contribution is 6.09. The van der Waals surface area contributed by atoms with Gasteiger partial charge in [-0.15, -0.1) is 0 Å². The van der Waals surface area contributed by atoms with E-state index in [4.69, 9.17) is 0 Å². The molecule has 0 radical (unpaired) electrons. The van der Waals surface area contributed by atoms with Crippen molar-refractivity contribution in [1.29, 1.82) is 0 Å². The van der Waals surface area contributed by atoms with E-state index in [1.165, 1.54) is 6.92 Å². The number of carbonyl (C=O) groups is 4. The monoisotopic (exact) mass is 359 g/mol. The smallest absolute Gasteiger partial charge is 0.325 e. The molecule has 1 heterocycles. The maximum Gasteiger partial charge on any atom is 0.325 e. The second-order valence-electron chi connectivity index (χ2n) is 6.53. The molecule has 1 atom stereocenters. The highest BCUT2D eigenvalue weighted by atomic mass is 16.2. The molecular formula is C19H25N3O4. The maximum atomic E-state index is 12.5. The summed E-state index contributed by atoms with van der Waals surface area (Å²) in [5.41, 5.74) is -0.0274. The summed E-state index contributed by atoms with van der Waals surface area (Å²) in [7, 11) is 0. The molecule has 2 N–H and O–H groups in total. The standard InChI is InChI=1S/C19H25N3O4/c1-4-19(5-2)17(25)22(18(26)21-19)12-16(24)20-15(13(3)23)11-14-9-7-6-8-10-14/h6-10,15H,4-5,11-12H2,1-3H3,(H,20,24)(H,21,26)/t15-/m1/s1. The van der Waals surface area contributed by atoms with Crippen LogP contribution >= 0.6 is 0 Å². The molecule has 7 nitrogen and oxygen atoms in total. The summed E-state index contributed by atoms with van der Waals surface area (Å²) in [6, 6.07) is 8.06. The van der Waals surface area contributed by atoms with E-state index in [2.05, 4.69) is 10.6 Å². The molecule has 1 aliphatic rings. The minimum atomic E-state index is -0.943. The zero-order valence-electron chi connectivity index (χ0n) is 15.4. The van der Waals surface area contributed by atoms with Crippen molar-refractivity contribution in [3.8, 4) is 0 Å². The summed E-state index contributed by atoms with van der Waals surface area (Å²) in [6.07, 6.45) is 1.27. The van der Waals surface area contributed by atoms with Crippen molar-refractivity contribution in [3.63, 3.8) is 0 Å². The fourth-order valence-electron chi connectivity index (χ4n) is 3.08. The van der Waals surface area contributed by atoms with Crippen molar-refractivity contribution in [3.05, 3.63) is 35.9 Å². The summed E-state index contributed by atoms with van der Waals surface area (Å²) in [5, 5.41) is 5.31. The molecule has 1 aromatic carbocycles. The third-order valence-electron chi connectivity index (χ3n) is 4.86. The quantitative estimate of drug-likeness (QED) is 0.686. The highest BCUT2D eigenvalue weighted by Crippen LogP contribution is 2.24. The summed E-state index contributed by atoms with van der Waals surface area (Å²) in [5.74, 6) is -1.12. The average Bonchev–Trinajstić information content (AvgIpc) is 2.86. The number of rotatable bonds is 8. The van der Waals surface area contributed by atoms with Gasteiger partial charge < -0.3 is 10.6 Å². The Morgan fingerprint density at radius 1 is 1.15 bits per heavy atom. The van der Waals surface area contributed by atoms with Crippen LogP contribution in [0.2, 0.25) is 0 Å². The molecular weight excluding hydrogens is 334 g/mol. The minimum absolute atomic E-state index is 0.184. The molecule has 0 spiro atoms. The van der Waals surface area contributed by atoms with Gasteiger partial charge in [0, 0.05) is 0 Å². The zero-order valence-corrected chi connectivity index (χ0v) is 15.4. The topological polar surface area (TPSA) is 95.6 Å². The Morgan fingerprint density at radius 3 is 2.27 bits per heavy atom. The van der Waals surface area contributed by atoms with Crippen LogP contribution in [0.1, 0.15) is 39.2 Å². The van der Waals surface area contributed by atoms with Crippen molar-refractivity contribution in [2.75, 3.05) is 6.54 Å². The number of benzene rings is 1. The molecule has 0 saturated carbocycles. The van der Waals surface area contributed by atoms with Gasteiger partial charge in [-0.05, 0) is 31.7 Å². The summed E-state index contributed by atoms with van der Waals surface area (Å²) < 4.78 is 0. The number of nitrogens with one attached hydrogen (secondary N) is 2. The van der Waals surface area contributed by atoms with Gasteiger partial charge in [0.2, 0.25) is 5.91 Å². The van der Waals surface area contributed by atoms with Gasteiger partial charge in [0.25, 0.3) is 5.91 Å². The Labute approximate surface area is 153 Å². The first-order valence-electron chi connectivity index (χ1n) is 8.80. The van der Waals surface area contributed by atoms with Gasteiger partial charge in [-0.25, -0.2) is 4.79 Å². The molecule has 1 fully saturated rings. The Hall–Kier alpha value is -2.70. The van der Waals surface area contributed by atoms with Gasteiger partial charge in [-0.1, -0.05) is 44.2 Å². The van der Waals surface area contributed by atoms with Gasteiger partial charge in [0.1, 0.15) is 12.1 Å². The molecule has 4 amide bonds. The normalized spacial score (nSPS) is 17.0. The van der Waals surface area contributed by atoms with Gasteiger partial charge in [-0.2, -0.15) is 0 Å².